The molecule has 0 aliphatic rings. The van der Waals surface area contributed by atoms with E-state index in [1.807, 2.05) is 24.3 Å². The van der Waals surface area contributed by atoms with Gasteiger partial charge in [0.05, 0.1) is 17.2 Å². The van der Waals surface area contributed by atoms with Gasteiger partial charge in [-0.05, 0) is 24.3 Å². The van der Waals surface area contributed by atoms with Gasteiger partial charge in [-0.25, -0.2) is 10.4 Å². The molecule has 3 rings (SSSR count). The maximum Gasteiger partial charge on any atom is 0.222 e. The molecular formula is C14H12N4O2. The van der Waals surface area contributed by atoms with Crippen molar-refractivity contribution in [2.45, 2.75) is 0 Å². The minimum atomic E-state index is -0.206. The number of H-pyrrole nitrogens is 1. The zero-order chi connectivity index (χ0) is 13.9. The fraction of sp³-hybridized carbons (Fsp3) is 0. The van der Waals surface area contributed by atoms with Crippen LogP contribution in [0, 0.1) is 0 Å². The summed E-state index contributed by atoms with van der Waals surface area (Å²) in [4.78, 5) is 7.35. The Bertz CT molecular complexity index is 747. The number of benzene rings is 2. The standard InChI is InChI=1S/C14H12N4O2/c19-12-7-3-4-9(13(12)20)8-15-18-14-16-10-5-1-2-6-11(10)17-14/h1-8,19-20H,(H2,16,17,18)/b15-8+. The normalized spacial score (nSPS) is 11.2. The number of anilines is 1. The number of aromatic nitrogens is 2. The molecule has 0 aliphatic heterocycles. The highest BCUT2D eigenvalue weighted by Crippen LogP contribution is 2.26. The summed E-state index contributed by atoms with van der Waals surface area (Å²) in [6.45, 7) is 0. The van der Waals surface area contributed by atoms with E-state index in [4.69, 9.17) is 0 Å². The van der Waals surface area contributed by atoms with Crippen molar-refractivity contribution in [2.75, 3.05) is 5.43 Å². The first-order valence-electron chi connectivity index (χ1n) is 5.99. The van der Waals surface area contributed by atoms with Crippen LogP contribution in [0.2, 0.25) is 0 Å². The van der Waals surface area contributed by atoms with E-state index in [2.05, 4.69) is 20.5 Å². The summed E-state index contributed by atoms with van der Waals surface area (Å²) in [6.07, 6.45) is 1.40. The molecule has 0 amide bonds. The molecule has 1 aromatic heterocycles. The van der Waals surface area contributed by atoms with Gasteiger partial charge in [-0.15, -0.1) is 0 Å². The third-order valence-electron chi connectivity index (χ3n) is 2.81. The van der Waals surface area contributed by atoms with Crippen molar-refractivity contribution >= 4 is 23.2 Å². The molecule has 0 saturated carbocycles. The molecule has 0 unspecified atom stereocenters. The van der Waals surface area contributed by atoms with Crippen LogP contribution in [0.5, 0.6) is 11.5 Å². The van der Waals surface area contributed by atoms with Crippen LogP contribution in [0.15, 0.2) is 47.6 Å². The van der Waals surface area contributed by atoms with Gasteiger partial charge in [0.15, 0.2) is 11.5 Å². The van der Waals surface area contributed by atoms with Crippen LogP contribution in [0.4, 0.5) is 5.95 Å². The molecule has 0 radical (unpaired) electrons. The molecule has 2 aromatic carbocycles. The number of aromatic amines is 1. The molecule has 100 valence electrons. The number of hydrogen-bond donors (Lipinski definition) is 4. The van der Waals surface area contributed by atoms with E-state index in [0.29, 0.717) is 11.5 Å². The van der Waals surface area contributed by atoms with Gasteiger partial charge in [0.25, 0.3) is 0 Å². The summed E-state index contributed by atoms with van der Waals surface area (Å²) in [5.41, 5.74) is 4.90. The summed E-state index contributed by atoms with van der Waals surface area (Å²) in [5, 5.41) is 22.9. The maximum absolute atomic E-state index is 9.62. The van der Waals surface area contributed by atoms with Crippen molar-refractivity contribution in [2.24, 2.45) is 5.10 Å². The number of fused-ring (bicyclic) bond motifs is 1. The molecule has 0 saturated heterocycles. The largest absolute Gasteiger partial charge is 0.504 e. The summed E-state index contributed by atoms with van der Waals surface area (Å²) < 4.78 is 0. The fourth-order valence-corrected chi connectivity index (χ4v) is 1.82. The lowest BCUT2D eigenvalue weighted by atomic mass is 10.2. The molecule has 0 spiro atoms. The van der Waals surface area contributed by atoms with E-state index in [0.717, 1.165) is 11.0 Å². The predicted octanol–water partition coefficient (Wildman–Crippen LogP) is 2.42. The molecule has 1 heterocycles. The molecule has 0 bridgehead atoms. The maximum atomic E-state index is 9.62. The van der Waals surface area contributed by atoms with Gasteiger partial charge in [-0.1, -0.05) is 18.2 Å². The first-order valence-corrected chi connectivity index (χ1v) is 5.99. The van der Waals surface area contributed by atoms with E-state index in [1.54, 1.807) is 12.1 Å². The summed E-state index contributed by atoms with van der Waals surface area (Å²) in [7, 11) is 0. The number of hydrogen-bond acceptors (Lipinski definition) is 5. The minimum absolute atomic E-state index is 0.183. The second-order valence-corrected chi connectivity index (χ2v) is 4.19. The molecule has 6 nitrogen and oxygen atoms in total. The van der Waals surface area contributed by atoms with Crippen LogP contribution in [-0.4, -0.2) is 26.4 Å². The minimum Gasteiger partial charge on any atom is -0.504 e. The fourth-order valence-electron chi connectivity index (χ4n) is 1.82. The Morgan fingerprint density at radius 1 is 1.10 bits per heavy atom. The quantitative estimate of drug-likeness (QED) is 0.333. The average Bonchev–Trinajstić information content (AvgIpc) is 2.86. The first-order chi connectivity index (χ1) is 9.74. The Hall–Kier alpha value is -3.02. The highest BCUT2D eigenvalue weighted by atomic mass is 16.3. The number of para-hydroxylation sites is 3. The predicted molar refractivity (Wildman–Crippen MR) is 77.1 cm³/mol. The zero-order valence-electron chi connectivity index (χ0n) is 10.4. The third-order valence-corrected chi connectivity index (χ3v) is 2.81. The van der Waals surface area contributed by atoms with E-state index >= 15 is 0 Å². The van der Waals surface area contributed by atoms with Crippen LogP contribution in [0.1, 0.15) is 5.56 Å². The van der Waals surface area contributed by atoms with E-state index < -0.39 is 0 Å². The topological polar surface area (TPSA) is 93.5 Å². The van der Waals surface area contributed by atoms with E-state index in [-0.39, 0.29) is 11.5 Å². The third kappa shape index (κ3) is 2.26. The second kappa shape index (κ2) is 4.93. The van der Waals surface area contributed by atoms with Crippen molar-refractivity contribution < 1.29 is 10.2 Å². The Morgan fingerprint density at radius 2 is 1.95 bits per heavy atom. The van der Waals surface area contributed by atoms with Crippen LogP contribution < -0.4 is 5.43 Å². The summed E-state index contributed by atoms with van der Waals surface area (Å²) in [5.74, 6) is 0.113. The lowest BCUT2D eigenvalue weighted by molar-refractivity contribution is 0.403. The Labute approximate surface area is 114 Å². The molecule has 0 atom stereocenters. The van der Waals surface area contributed by atoms with Crippen molar-refractivity contribution in [1.29, 1.82) is 0 Å². The van der Waals surface area contributed by atoms with Gasteiger partial charge in [0.2, 0.25) is 5.95 Å². The van der Waals surface area contributed by atoms with Crippen molar-refractivity contribution in [1.82, 2.24) is 9.97 Å². The van der Waals surface area contributed by atoms with Gasteiger partial charge in [-0.2, -0.15) is 5.10 Å². The second-order valence-electron chi connectivity index (χ2n) is 4.19. The molecule has 0 fully saturated rings. The lowest BCUT2D eigenvalue weighted by Gasteiger charge is -2.00. The van der Waals surface area contributed by atoms with Gasteiger partial charge in [0.1, 0.15) is 0 Å². The number of nitrogens with one attached hydrogen (secondary N) is 2. The number of aromatic hydroxyl groups is 2. The molecular weight excluding hydrogens is 256 g/mol. The molecule has 4 N–H and O–H groups in total. The van der Waals surface area contributed by atoms with Gasteiger partial charge < -0.3 is 15.2 Å². The number of imidazole rings is 1. The average molecular weight is 268 g/mol. The smallest absolute Gasteiger partial charge is 0.222 e. The lowest BCUT2D eigenvalue weighted by Crippen LogP contribution is -1.92. The van der Waals surface area contributed by atoms with Crippen molar-refractivity contribution in [3.8, 4) is 11.5 Å². The van der Waals surface area contributed by atoms with Gasteiger partial charge in [0, 0.05) is 5.56 Å². The number of hydrazone groups is 1. The van der Waals surface area contributed by atoms with E-state index in [9.17, 15) is 10.2 Å². The first kappa shape index (κ1) is 12.0. The van der Waals surface area contributed by atoms with Gasteiger partial charge in [-0.3, -0.25) is 0 Å². The highest BCUT2D eigenvalue weighted by molar-refractivity contribution is 5.85. The zero-order valence-corrected chi connectivity index (χ0v) is 10.4. The van der Waals surface area contributed by atoms with Crippen LogP contribution in [-0.2, 0) is 0 Å². The number of phenols is 2. The monoisotopic (exact) mass is 268 g/mol. The summed E-state index contributed by atoms with van der Waals surface area (Å²) >= 11 is 0. The van der Waals surface area contributed by atoms with E-state index in [1.165, 1.54) is 12.3 Å². The molecule has 20 heavy (non-hydrogen) atoms. The van der Waals surface area contributed by atoms with Crippen molar-refractivity contribution in [3.05, 3.63) is 48.0 Å². The van der Waals surface area contributed by atoms with Crippen LogP contribution in [0.3, 0.4) is 0 Å². The number of phenolic OH excluding ortho intramolecular Hbond substituents is 2. The highest BCUT2D eigenvalue weighted by Gasteiger charge is 2.03. The summed E-state index contributed by atoms with van der Waals surface area (Å²) in [6, 6.07) is 12.3. The molecule has 3 aromatic rings. The SMILES string of the molecule is Oc1cccc(/C=N/Nc2nc3ccccc3[nH]2)c1O. The van der Waals surface area contributed by atoms with Gasteiger partial charge >= 0.3 is 0 Å². The van der Waals surface area contributed by atoms with Crippen LogP contribution >= 0.6 is 0 Å². The number of rotatable bonds is 3. The molecule has 6 heteroatoms. The number of nitrogens with zero attached hydrogens (tertiary/aromatic N) is 2. The van der Waals surface area contributed by atoms with Crippen LogP contribution in [0.25, 0.3) is 11.0 Å². The Morgan fingerprint density at radius 3 is 2.80 bits per heavy atom. The molecule has 0 aliphatic carbocycles. The Balaban J connectivity index is 1.78. The Kier molecular flexibility index (Phi) is 2.96. The van der Waals surface area contributed by atoms with Crippen molar-refractivity contribution in [3.63, 3.8) is 0 Å².